The van der Waals surface area contributed by atoms with E-state index >= 15 is 0 Å². The summed E-state index contributed by atoms with van der Waals surface area (Å²) in [7, 11) is 2.01. The summed E-state index contributed by atoms with van der Waals surface area (Å²) in [4.78, 5) is 0. The molecule has 0 saturated heterocycles. The SMILES string of the molecule is CNCC(C)Cc1c(C)nn(-c2cc(C)cc(C)c2)c1C. The molecule has 1 unspecified atom stereocenters. The Balaban J connectivity index is 2.38. The van der Waals surface area contributed by atoms with Gasteiger partial charge in [-0.2, -0.15) is 5.10 Å². The molecular weight excluding hydrogens is 258 g/mol. The van der Waals surface area contributed by atoms with Crippen molar-refractivity contribution in [3.05, 3.63) is 46.3 Å². The highest BCUT2D eigenvalue weighted by molar-refractivity contribution is 5.42. The summed E-state index contributed by atoms with van der Waals surface area (Å²) in [5, 5.41) is 8.02. The minimum Gasteiger partial charge on any atom is -0.319 e. The first-order chi connectivity index (χ1) is 9.92. The van der Waals surface area contributed by atoms with Crippen LogP contribution in [0.1, 0.15) is 35.0 Å². The molecule has 21 heavy (non-hydrogen) atoms. The van der Waals surface area contributed by atoms with E-state index in [0.29, 0.717) is 5.92 Å². The molecule has 0 aliphatic heterocycles. The molecule has 1 atom stereocenters. The Morgan fingerprint density at radius 1 is 1.10 bits per heavy atom. The van der Waals surface area contributed by atoms with Crippen molar-refractivity contribution < 1.29 is 0 Å². The van der Waals surface area contributed by atoms with E-state index in [1.165, 1.54) is 28.1 Å². The lowest BCUT2D eigenvalue weighted by molar-refractivity contribution is 0.539. The lowest BCUT2D eigenvalue weighted by Crippen LogP contribution is -2.18. The van der Waals surface area contributed by atoms with Crippen molar-refractivity contribution in [3.8, 4) is 5.69 Å². The number of hydrogen-bond donors (Lipinski definition) is 1. The number of nitrogens with zero attached hydrogens (tertiary/aromatic N) is 2. The lowest BCUT2D eigenvalue weighted by atomic mass is 9.99. The number of rotatable bonds is 5. The van der Waals surface area contributed by atoms with E-state index in [4.69, 9.17) is 5.10 Å². The van der Waals surface area contributed by atoms with Gasteiger partial charge in [-0.3, -0.25) is 0 Å². The van der Waals surface area contributed by atoms with Crippen LogP contribution in [-0.2, 0) is 6.42 Å². The van der Waals surface area contributed by atoms with Gasteiger partial charge < -0.3 is 5.32 Å². The summed E-state index contributed by atoms with van der Waals surface area (Å²) in [5.74, 6) is 0.615. The van der Waals surface area contributed by atoms with Crippen molar-refractivity contribution in [1.82, 2.24) is 15.1 Å². The van der Waals surface area contributed by atoms with Crippen LogP contribution < -0.4 is 5.32 Å². The van der Waals surface area contributed by atoms with Crippen molar-refractivity contribution in [1.29, 1.82) is 0 Å². The van der Waals surface area contributed by atoms with Gasteiger partial charge in [0.05, 0.1) is 11.4 Å². The van der Waals surface area contributed by atoms with Crippen molar-refractivity contribution >= 4 is 0 Å². The smallest absolute Gasteiger partial charge is 0.0654 e. The van der Waals surface area contributed by atoms with E-state index in [9.17, 15) is 0 Å². The maximum atomic E-state index is 4.77. The number of nitrogens with one attached hydrogen (secondary N) is 1. The fourth-order valence-electron chi connectivity index (χ4n) is 3.06. The minimum absolute atomic E-state index is 0.615. The minimum atomic E-state index is 0.615. The second kappa shape index (κ2) is 6.44. The average molecular weight is 285 g/mol. The molecule has 114 valence electrons. The molecule has 0 aliphatic rings. The number of benzene rings is 1. The Bertz CT molecular complexity index is 605. The first kappa shape index (κ1) is 15.8. The highest BCUT2D eigenvalue weighted by atomic mass is 15.3. The van der Waals surface area contributed by atoms with Crippen LogP contribution in [0.25, 0.3) is 5.69 Å². The Labute approximate surface area is 128 Å². The van der Waals surface area contributed by atoms with E-state index in [2.05, 4.69) is 62.8 Å². The molecule has 0 amide bonds. The third-order valence-corrected chi connectivity index (χ3v) is 4.00. The fraction of sp³-hybridized carbons (Fsp3) is 0.500. The van der Waals surface area contributed by atoms with Gasteiger partial charge in [-0.1, -0.05) is 13.0 Å². The summed E-state index contributed by atoms with van der Waals surface area (Å²) in [6, 6.07) is 6.60. The maximum Gasteiger partial charge on any atom is 0.0654 e. The topological polar surface area (TPSA) is 29.9 Å². The summed E-state index contributed by atoms with van der Waals surface area (Å²) < 4.78 is 2.09. The molecule has 0 radical (unpaired) electrons. The van der Waals surface area contributed by atoms with Crippen LogP contribution in [0.5, 0.6) is 0 Å². The highest BCUT2D eigenvalue weighted by Crippen LogP contribution is 2.22. The second-order valence-electron chi connectivity index (χ2n) is 6.27. The molecule has 3 heteroatoms. The van der Waals surface area contributed by atoms with E-state index in [-0.39, 0.29) is 0 Å². The van der Waals surface area contributed by atoms with Crippen molar-refractivity contribution in [2.45, 2.75) is 41.0 Å². The van der Waals surface area contributed by atoms with Gasteiger partial charge in [-0.25, -0.2) is 4.68 Å². The molecule has 1 heterocycles. The summed E-state index contributed by atoms with van der Waals surface area (Å²) >= 11 is 0. The van der Waals surface area contributed by atoms with Crippen molar-refractivity contribution in [2.24, 2.45) is 5.92 Å². The third-order valence-electron chi connectivity index (χ3n) is 4.00. The van der Waals surface area contributed by atoms with E-state index in [1.807, 2.05) is 7.05 Å². The zero-order valence-electron chi connectivity index (χ0n) is 14.1. The quantitative estimate of drug-likeness (QED) is 0.911. The third kappa shape index (κ3) is 3.53. The Kier molecular flexibility index (Phi) is 4.84. The predicted molar refractivity (Wildman–Crippen MR) is 89.3 cm³/mol. The molecule has 0 bridgehead atoms. The van der Waals surface area contributed by atoms with Gasteiger partial charge in [0.2, 0.25) is 0 Å². The zero-order valence-corrected chi connectivity index (χ0v) is 14.1. The molecule has 0 saturated carbocycles. The van der Waals surface area contributed by atoms with Gasteiger partial charge in [-0.05, 0) is 82.4 Å². The normalized spacial score (nSPS) is 12.7. The van der Waals surface area contributed by atoms with Crippen LogP contribution in [0.3, 0.4) is 0 Å². The lowest BCUT2D eigenvalue weighted by Gasteiger charge is -2.11. The molecule has 0 aliphatic carbocycles. The van der Waals surface area contributed by atoms with Gasteiger partial charge in [0.15, 0.2) is 0 Å². The monoisotopic (exact) mass is 285 g/mol. The Morgan fingerprint density at radius 3 is 2.29 bits per heavy atom. The summed E-state index contributed by atoms with van der Waals surface area (Å²) in [5.41, 5.74) is 7.53. The van der Waals surface area contributed by atoms with Crippen LogP contribution in [0.15, 0.2) is 18.2 Å². The van der Waals surface area contributed by atoms with Crippen molar-refractivity contribution in [3.63, 3.8) is 0 Å². The highest BCUT2D eigenvalue weighted by Gasteiger charge is 2.15. The molecule has 1 N–H and O–H groups in total. The first-order valence-corrected chi connectivity index (χ1v) is 7.70. The van der Waals surface area contributed by atoms with E-state index in [1.54, 1.807) is 0 Å². The zero-order chi connectivity index (χ0) is 15.6. The second-order valence-corrected chi connectivity index (χ2v) is 6.27. The molecular formula is C18H27N3. The molecule has 3 nitrogen and oxygen atoms in total. The van der Waals surface area contributed by atoms with Crippen LogP contribution in [0.4, 0.5) is 0 Å². The van der Waals surface area contributed by atoms with Crippen LogP contribution >= 0.6 is 0 Å². The molecule has 1 aromatic heterocycles. The predicted octanol–water partition coefficient (Wildman–Crippen LogP) is 3.50. The van der Waals surface area contributed by atoms with Crippen LogP contribution in [0.2, 0.25) is 0 Å². The van der Waals surface area contributed by atoms with Gasteiger partial charge in [0.25, 0.3) is 0 Å². The largest absolute Gasteiger partial charge is 0.319 e. The summed E-state index contributed by atoms with van der Waals surface area (Å²) in [6.07, 6.45) is 1.07. The molecule has 1 aromatic carbocycles. The number of hydrogen-bond acceptors (Lipinski definition) is 2. The van der Waals surface area contributed by atoms with Gasteiger partial charge in [0, 0.05) is 5.69 Å². The first-order valence-electron chi connectivity index (χ1n) is 7.70. The Morgan fingerprint density at radius 2 is 1.71 bits per heavy atom. The molecule has 0 fully saturated rings. The van der Waals surface area contributed by atoms with Gasteiger partial charge >= 0.3 is 0 Å². The number of aromatic nitrogens is 2. The Hall–Kier alpha value is -1.61. The molecule has 2 rings (SSSR count). The van der Waals surface area contributed by atoms with E-state index in [0.717, 1.165) is 18.7 Å². The maximum absolute atomic E-state index is 4.77. The van der Waals surface area contributed by atoms with Gasteiger partial charge in [0.1, 0.15) is 0 Å². The van der Waals surface area contributed by atoms with Crippen LogP contribution in [0, 0.1) is 33.6 Å². The standard InChI is InChI=1S/C18H27N3/c1-12-7-13(2)9-17(8-12)21-16(5)18(15(4)20-21)10-14(3)11-19-6/h7-9,14,19H,10-11H2,1-6H3. The average Bonchev–Trinajstić information content (AvgIpc) is 2.66. The molecule has 0 spiro atoms. The van der Waals surface area contributed by atoms with Gasteiger partial charge in [-0.15, -0.1) is 0 Å². The van der Waals surface area contributed by atoms with Crippen LogP contribution in [-0.4, -0.2) is 23.4 Å². The molecule has 2 aromatic rings. The van der Waals surface area contributed by atoms with Crippen molar-refractivity contribution in [2.75, 3.05) is 13.6 Å². The number of aryl methyl sites for hydroxylation is 3. The fourth-order valence-corrected chi connectivity index (χ4v) is 3.06. The van der Waals surface area contributed by atoms with E-state index < -0.39 is 0 Å². The summed E-state index contributed by atoms with van der Waals surface area (Å²) in [6.45, 7) is 11.9.